The van der Waals surface area contributed by atoms with Crippen molar-refractivity contribution in [3.63, 3.8) is 0 Å². The molecule has 0 fully saturated rings. The van der Waals surface area contributed by atoms with Crippen LogP contribution in [0.5, 0.6) is 0 Å². The maximum atomic E-state index is 3.40. The maximum absolute atomic E-state index is 3.40. The summed E-state index contributed by atoms with van der Waals surface area (Å²) in [7, 11) is -2.58. The fraction of sp³-hybridized carbons (Fsp3) is 0.429. The third-order valence-corrected chi connectivity index (χ3v) is 4.30. The minimum Gasteiger partial charge on any atom is -0.150 e. The van der Waals surface area contributed by atoms with Gasteiger partial charge in [0.1, 0.15) is 16.1 Å². The summed E-state index contributed by atoms with van der Waals surface area (Å²) in [4.78, 5) is 0. The minimum absolute atomic E-state index is 1.11. The zero-order valence-corrected chi connectivity index (χ0v) is 14.4. The van der Waals surface area contributed by atoms with E-state index in [4.69, 9.17) is 0 Å². The lowest BCUT2D eigenvalue weighted by atomic mass is 10.2. The molecule has 90 valence electrons. The molecule has 0 atom stereocenters. The Morgan fingerprint density at radius 3 is 1.41 bits per heavy atom. The van der Waals surface area contributed by atoms with Gasteiger partial charge in [-0.1, -0.05) is 51.1 Å². The molecule has 0 spiro atoms. The molecule has 1 rings (SSSR count). The topological polar surface area (TPSA) is 0 Å². The van der Waals surface area contributed by atoms with Gasteiger partial charge in [-0.2, -0.15) is 0 Å². The Hall–Kier alpha value is -0.746. The van der Waals surface area contributed by atoms with E-state index in [0.717, 1.165) is 11.1 Å². The average Bonchev–Trinajstić information content (AvgIpc) is 2.56. The van der Waals surface area contributed by atoms with Crippen molar-refractivity contribution < 1.29 is 0 Å². The van der Waals surface area contributed by atoms with Crippen LogP contribution >= 0.6 is 11.3 Å². The van der Waals surface area contributed by atoms with Crippen LogP contribution in [0.25, 0.3) is 0 Å². The van der Waals surface area contributed by atoms with Crippen LogP contribution in [0.2, 0.25) is 39.3 Å². The van der Waals surface area contributed by atoms with Gasteiger partial charge in [0.25, 0.3) is 0 Å². The van der Waals surface area contributed by atoms with E-state index in [0.29, 0.717) is 0 Å². The molecular weight excluding hydrogens is 256 g/mol. The van der Waals surface area contributed by atoms with Crippen LogP contribution in [0.4, 0.5) is 0 Å². The van der Waals surface area contributed by atoms with Crippen molar-refractivity contribution >= 4 is 27.5 Å². The highest BCUT2D eigenvalue weighted by Crippen LogP contribution is 2.13. The van der Waals surface area contributed by atoms with Crippen LogP contribution in [-0.4, -0.2) is 16.1 Å². The van der Waals surface area contributed by atoms with Crippen LogP contribution in [0, 0.1) is 22.9 Å². The van der Waals surface area contributed by atoms with Crippen LogP contribution in [0.1, 0.15) is 11.1 Å². The highest BCUT2D eigenvalue weighted by atomic mass is 32.1. The number of hydrogen-bond donors (Lipinski definition) is 0. The summed E-state index contributed by atoms with van der Waals surface area (Å²) in [5.74, 6) is 6.61. The fourth-order valence-corrected chi connectivity index (χ4v) is 2.73. The average molecular weight is 277 g/mol. The lowest BCUT2D eigenvalue weighted by molar-refractivity contribution is 1.73. The molecule has 0 saturated heterocycles. The molecule has 1 aromatic heterocycles. The van der Waals surface area contributed by atoms with Gasteiger partial charge in [-0.15, -0.1) is 22.4 Å². The van der Waals surface area contributed by atoms with Gasteiger partial charge in [0.15, 0.2) is 0 Å². The standard InChI is InChI=1S/C14H20SSi2/c1-16(2,3)9-7-13-11-15-12-14(13)8-10-17(4,5)6/h11-12H,1-6H3. The number of rotatable bonds is 0. The second kappa shape index (κ2) is 5.27. The fourth-order valence-electron chi connectivity index (χ4n) is 1.00. The smallest absolute Gasteiger partial charge is 0.129 e. The van der Waals surface area contributed by atoms with Gasteiger partial charge < -0.3 is 0 Å². The van der Waals surface area contributed by atoms with E-state index < -0.39 is 16.1 Å². The number of thiophene rings is 1. The van der Waals surface area contributed by atoms with Crippen LogP contribution in [0.15, 0.2) is 10.8 Å². The molecule has 3 heteroatoms. The minimum atomic E-state index is -1.29. The van der Waals surface area contributed by atoms with Crippen molar-refractivity contribution in [2.45, 2.75) is 39.3 Å². The van der Waals surface area contributed by atoms with E-state index in [1.807, 2.05) is 0 Å². The molecule has 0 unspecified atom stereocenters. The first-order chi connectivity index (χ1) is 7.67. The van der Waals surface area contributed by atoms with Gasteiger partial charge in [-0.05, 0) is 0 Å². The third kappa shape index (κ3) is 5.93. The third-order valence-electron chi connectivity index (χ3n) is 1.81. The SMILES string of the molecule is C[Si](C)(C)C#Cc1cscc1C#C[Si](C)(C)C. The van der Waals surface area contributed by atoms with Crippen molar-refractivity contribution in [1.82, 2.24) is 0 Å². The Morgan fingerprint density at radius 2 is 1.12 bits per heavy atom. The van der Waals surface area contributed by atoms with Crippen molar-refractivity contribution in [2.75, 3.05) is 0 Å². The van der Waals surface area contributed by atoms with Crippen LogP contribution in [-0.2, 0) is 0 Å². The van der Waals surface area contributed by atoms with Crippen molar-refractivity contribution in [3.8, 4) is 22.9 Å². The molecule has 0 aliphatic heterocycles. The molecule has 0 aliphatic rings. The summed E-state index contributed by atoms with van der Waals surface area (Å²) in [6.45, 7) is 13.6. The Kier molecular flexibility index (Phi) is 4.44. The van der Waals surface area contributed by atoms with E-state index in [1.165, 1.54) is 0 Å². The van der Waals surface area contributed by atoms with Gasteiger partial charge in [-0.25, -0.2) is 0 Å². The molecule has 0 radical (unpaired) electrons. The summed E-state index contributed by atoms with van der Waals surface area (Å²) >= 11 is 1.69. The lowest BCUT2D eigenvalue weighted by Gasteiger charge is -2.04. The van der Waals surface area contributed by atoms with Gasteiger partial charge in [0.2, 0.25) is 0 Å². The zero-order chi connectivity index (χ0) is 13.1. The molecule has 0 saturated carbocycles. The van der Waals surface area contributed by atoms with E-state index >= 15 is 0 Å². The Labute approximate surface area is 111 Å². The first-order valence-electron chi connectivity index (χ1n) is 5.80. The molecule has 0 amide bonds. The quantitative estimate of drug-likeness (QED) is 0.492. The molecular formula is C14H20SSi2. The predicted octanol–water partition coefficient (Wildman–Crippen LogP) is 4.21. The van der Waals surface area contributed by atoms with E-state index in [2.05, 4.69) is 73.0 Å². The number of hydrogen-bond acceptors (Lipinski definition) is 1. The Bertz CT molecular complexity index is 458. The summed E-state index contributed by atoms with van der Waals surface area (Å²) in [6.07, 6.45) is 0. The summed E-state index contributed by atoms with van der Waals surface area (Å²) < 4.78 is 0. The van der Waals surface area contributed by atoms with Crippen molar-refractivity contribution in [2.24, 2.45) is 0 Å². The maximum Gasteiger partial charge on any atom is 0.129 e. The van der Waals surface area contributed by atoms with E-state index in [-0.39, 0.29) is 0 Å². The molecule has 0 aromatic carbocycles. The molecule has 17 heavy (non-hydrogen) atoms. The van der Waals surface area contributed by atoms with Crippen LogP contribution in [0.3, 0.4) is 0 Å². The molecule has 0 aliphatic carbocycles. The molecule has 0 nitrogen and oxygen atoms in total. The molecule has 1 heterocycles. The summed E-state index contributed by atoms with van der Waals surface area (Å²) in [6, 6.07) is 0. The van der Waals surface area contributed by atoms with Gasteiger partial charge >= 0.3 is 0 Å². The van der Waals surface area contributed by atoms with Gasteiger partial charge in [0, 0.05) is 10.8 Å². The summed E-state index contributed by atoms with van der Waals surface area (Å²) in [5, 5.41) is 4.22. The largest absolute Gasteiger partial charge is 0.150 e. The molecule has 1 aromatic rings. The Balaban J connectivity index is 3.01. The monoisotopic (exact) mass is 276 g/mol. The lowest BCUT2D eigenvalue weighted by Crippen LogP contribution is -2.16. The summed E-state index contributed by atoms with van der Waals surface area (Å²) in [5.41, 5.74) is 9.03. The highest BCUT2D eigenvalue weighted by Gasteiger charge is 2.09. The Morgan fingerprint density at radius 1 is 0.765 bits per heavy atom. The highest BCUT2D eigenvalue weighted by molar-refractivity contribution is 7.08. The second-order valence-corrected chi connectivity index (χ2v) is 16.4. The van der Waals surface area contributed by atoms with Gasteiger partial charge in [-0.3, -0.25) is 0 Å². The normalized spacial score (nSPS) is 11.2. The predicted molar refractivity (Wildman–Crippen MR) is 84.8 cm³/mol. The van der Waals surface area contributed by atoms with Crippen molar-refractivity contribution in [1.29, 1.82) is 0 Å². The first kappa shape index (κ1) is 14.3. The van der Waals surface area contributed by atoms with E-state index in [1.54, 1.807) is 11.3 Å². The van der Waals surface area contributed by atoms with Crippen molar-refractivity contribution in [3.05, 3.63) is 21.9 Å². The second-order valence-electron chi connectivity index (χ2n) is 6.20. The first-order valence-corrected chi connectivity index (χ1v) is 13.7. The van der Waals surface area contributed by atoms with E-state index in [9.17, 15) is 0 Å². The zero-order valence-electron chi connectivity index (χ0n) is 11.6. The molecule has 0 N–H and O–H groups in total. The van der Waals surface area contributed by atoms with Crippen LogP contribution < -0.4 is 0 Å². The van der Waals surface area contributed by atoms with Gasteiger partial charge in [0.05, 0.1) is 11.1 Å². The molecule has 0 bridgehead atoms.